The average Bonchev–Trinajstić information content (AvgIpc) is 3.48. The molecule has 6 rings (SSSR count). The Morgan fingerprint density at radius 1 is 1.09 bits per heavy atom. The quantitative estimate of drug-likeness (QED) is 0.677. The van der Waals surface area contributed by atoms with E-state index in [2.05, 4.69) is 30.0 Å². The molecule has 2 aromatic heterocycles. The Morgan fingerprint density at radius 3 is 2.59 bits per heavy atom. The number of morpholine rings is 1. The second-order valence-electron chi connectivity index (χ2n) is 10.2. The van der Waals surface area contributed by atoms with Crippen LogP contribution in [0.25, 0.3) is 16.7 Å². The van der Waals surface area contributed by atoms with Gasteiger partial charge in [0, 0.05) is 18.0 Å². The summed E-state index contributed by atoms with van der Waals surface area (Å²) >= 11 is 0. The highest BCUT2D eigenvalue weighted by molar-refractivity contribution is 5.82. The van der Waals surface area contributed by atoms with Crippen LogP contribution < -0.4 is 4.90 Å². The second-order valence-corrected chi connectivity index (χ2v) is 10.2. The fourth-order valence-corrected chi connectivity index (χ4v) is 5.85. The van der Waals surface area contributed by atoms with Crippen LogP contribution in [-0.2, 0) is 4.74 Å². The van der Waals surface area contributed by atoms with E-state index in [9.17, 15) is 5.11 Å². The van der Waals surface area contributed by atoms with Crippen LogP contribution in [0.15, 0.2) is 24.4 Å². The number of rotatable bonds is 3. The van der Waals surface area contributed by atoms with Gasteiger partial charge < -0.3 is 14.7 Å². The number of nitrogens with zero attached hydrogens (tertiary/aromatic N) is 5. The smallest absolute Gasteiger partial charge is 0.159 e. The van der Waals surface area contributed by atoms with Crippen LogP contribution in [0.5, 0.6) is 0 Å². The number of fused-ring (bicyclic) bond motifs is 3. The van der Waals surface area contributed by atoms with E-state index >= 15 is 0 Å². The highest BCUT2D eigenvalue weighted by atomic mass is 16.5. The lowest BCUT2D eigenvalue weighted by atomic mass is 9.76. The van der Waals surface area contributed by atoms with E-state index in [-0.39, 0.29) is 0 Å². The van der Waals surface area contributed by atoms with Gasteiger partial charge in [0.15, 0.2) is 5.82 Å². The van der Waals surface area contributed by atoms with Crippen LogP contribution in [0.3, 0.4) is 0 Å². The molecule has 3 fully saturated rings. The molecule has 2 bridgehead atoms. The molecular weight excluding hydrogens is 402 g/mol. The van der Waals surface area contributed by atoms with Gasteiger partial charge in [-0.3, -0.25) is 0 Å². The molecule has 168 valence electrons. The lowest BCUT2D eigenvalue weighted by Crippen LogP contribution is -2.37. The number of aryl methyl sites for hydroxylation is 2. The van der Waals surface area contributed by atoms with Crippen molar-refractivity contribution in [3.8, 4) is 5.82 Å². The monoisotopic (exact) mass is 433 g/mol. The van der Waals surface area contributed by atoms with E-state index < -0.39 is 5.60 Å². The maximum absolute atomic E-state index is 10.4. The molecule has 0 spiro atoms. The zero-order valence-electron chi connectivity index (χ0n) is 19.1. The van der Waals surface area contributed by atoms with E-state index in [0.717, 1.165) is 73.6 Å². The number of hydrogen-bond donors (Lipinski definition) is 1. The summed E-state index contributed by atoms with van der Waals surface area (Å²) in [4.78, 5) is 11.8. The fourth-order valence-electron chi connectivity index (χ4n) is 5.85. The Bertz CT molecular complexity index is 1180. The van der Waals surface area contributed by atoms with Crippen molar-refractivity contribution in [2.75, 3.05) is 18.1 Å². The Balaban J connectivity index is 1.38. The number of aliphatic hydroxyl groups is 1. The molecule has 4 heterocycles. The fraction of sp³-hybridized carbons (Fsp3) is 0.560. The van der Waals surface area contributed by atoms with E-state index in [1.807, 2.05) is 24.7 Å². The SMILES string of the molecule is Cc1nc(N2C[C@H]3C[C@@H]2CO3)cc(-n2ncc3cc(C)c([C@H]4CC[C@](C)(O)CC4)cc32)n1. The summed E-state index contributed by atoms with van der Waals surface area (Å²) in [6.07, 6.45) is 7.08. The van der Waals surface area contributed by atoms with Crippen molar-refractivity contribution in [3.05, 3.63) is 41.3 Å². The lowest BCUT2D eigenvalue weighted by Gasteiger charge is -2.34. The lowest BCUT2D eigenvalue weighted by molar-refractivity contribution is 0.0171. The van der Waals surface area contributed by atoms with Crippen molar-refractivity contribution in [2.24, 2.45) is 0 Å². The Labute approximate surface area is 188 Å². The van der Waals surface area contributed by atoms with Gasteiger partial charge in [0.2, 0.25) is 0 Å². The molecular formula is C25H31N5O2. The number of aromatic nitrogens is 4. The summed E-state index contributed by atoms with van der Waals surface area (Å²) in [5.74, 6) is 3.01. The first kappa shape index (κ1) is 20.1. The van der Waals surface area contributed by atoms with Crippen LogP contribution in [0.4, 0.5) is 5.82 Å². The standard InChI is InChI=1S/C25H31N5O2/c1-15-8-18-12-26-30(22(18)10-21(15)17-4-6-25(3,31)7-5-17)24-11-23(27-16(2)28-24)29-13-20-9-19(29)14-32-20/h8,10-12,17,19-20,31H,4-7,9,13-14H2,1-3H3/t17-,19-,20-,25-/m1/s1. The van der Waals surface area contributed by atoms with Gasteiger partial charge >= 0.3 is 0 Å². The van der Waals surface area contributed by atoms with Crippen LogP contribution >= 0.6 is 0 Å². The average molecular weight is 434 g/mol. The molecule has 0 amide bonds. The Kier molecular flexibility index (Phi) is 4.56. The van der Waals surface area contributed by atoms with Crippen molar-refractivity contribution in [3.63, 3.8) is 0 Å². The summed E-state index contributed by atoms with van der Waals surface area (Å²) in [7, 11) is 0. The summed E-state index contributed by atoms with van der Waals surface area (Å²) in [6, 6.07) is 7.02. The van der Waals surface area contributed by atoms with E-state index in [0.29, 0.717) is 18.1 Å². The maximum Gasteiger partial charge on any atom is 0.159 e. The maximum atomic E-state index is 10.4. The molecule has 2 atom stereocenters. The van der Waals surface area contributed by atoms with Crippen LogP contribution in [-0.4, -0.2) is 55.8 Å². The van der Waals surface area contributed by atoms with Crippen molar-refractivity contribution in [1.82, 2.24) is 19.7 Å². The molecule has 7 nitrogen and oxygen atoms in total. The first-order chi connectivity index (χ1) is 15.4. The van der Waals surface area contributed by atoms with E-state index in [4.69, 9.17) is 19.8 Å². The molecule has 3 aromatic rings. The normalized spacial score (nSPS) is 29.9. The van der Waals surface area contributed by atoms with Gasteiger partial charge in [-0.05, 0) is 82.1 Å². The van der Waals surface area contributed by atoms with Gasteiger partial charge in [-0.25, -0.2) is 14.6 Å². The molecule has 32 heavy (non-hydrogen) atoms. The molecule has 0 unspecified atom stereocenters. The molecule has 0 radical (unpaired) electrons. The molecule has 1 saturated carbocycles. The minimum absolute atomic E-state index is 0.325. The summed E-state index contributed by atoms with van der Waals surface area (Å²) in [5, 5.41) is 16.2. The van der Waals surface area contributed by atoms with Gasteiger partial charge in [0.1, 0.15) is 11.6 Å². The molecule has 1 N–H and O–H groups in total. The van der Waals surface area contributed by atoms with Gasteiger partial charge in [-0.2, -0.15) is 5.10 Å². The highest BCUT2D eigenvalue weighted by Gasteiger charge is 2.40. The highest BCUT2D eigenvalue weighted by Crippen LogP contribution is 2.40. The first-order valence-corrected chi connectivity index (χ1v) is 11.8. The third kappa shape index (κ3) is 3.39. The predicted octanol–water partition coefficient (Wildman–Crippen LogP) is 3.82. The number of benzene rings is 1. The molecule has 1 aromatic carbocycles. The van der Waals surface area contributed by atoms with Crippen molar-refractivity contribution < 1.29 is 9.84 Å². The molecule has 3 aliphatic rings. The zero-order chi connectivity index (χ0) is 22.0. The van der Waals surface area contributed by atoms with Crippen LogP contribution in [0.2, 0.25) is 0 Å². The second kappa shape index (κ2) is 7.25. The number of hydrogen-bond acceptors (Lipinski definition) is 6. The topological polar surface area (TPSA) is 76.3 Å². The first-order valence-electron chi connectivity index (χ1n) is 11.8. The van der Waals surface area contributed by atoms with Gasteiger partial charge in [-0.1, -0.05) is 0 Å². The molecule has 2 aliphatic heterocycles. The molecule has 7 heteroatoms. The summed E-state index contributed by atoms with van der Waals surface area (Å²) in [5.41, 5.74) is 3.23. The van der Waals surface area contributed by atoms with Crippen LogP contribution in [0.1, 0.15) is 61.9 Å². The minimum Gasteiger partial charge on any atom is -0.390 e. The van der Waals surface area contributed by atoms with Crippen molar-refractivity contribution >= 4 is 16.7 Å². The molecule has 2 saturated heterocycles. The number of ether oxygens (including phenoxy) is 1. The third-order valence-electron chi connectivity index (χ3n) is 7.68. The van der Waals surface area contributed by atoms with Crippen molar-refractivity contribution in [1.29, 1.82) is 0 Å². The van der Waals surface area contributed by atoms with E-state index in [1.165, 1.54) is 11.1 Å². The molecule has 1 aliphatic carbocycles. The third-order valence-corrected chi connectivity index (χ3v) is 7.68. The van der Waals surface area contributed by atoms with Crippen LogP contribution in [0, 0.1) is 13.8 Å². The van der Waals surface area contributed by atoms with Gasteiger partial charge in [-0.15, -0.1) is 0 Å². The predicted molar refractivity (Wildman–Crippen MR) is 123 cm³/mol. The largest absolute Gasteiger partial charge is 0.390 e. The van der Waals surface area contributed by atoms with E-state index in [1.54, 1.807) is 0 Å². The van der Waals surface area contributed by atoms with Crippen molar-refractivity contribution in [2.45, 2.75) is 76.5 Å². The summed E-state index contributed by atoms with van der Waals surface area (Å²) in [6.45, 7) is 7.78. The van der Waals surface area contributed by atoms with Gasteiger partial charge in [0.25, 0.3) is 0 Å². The Morgan fingerprint density at radius 2 is 1.88 bits per heavy atom. The van der Waals surface area contributed by atoms with Gasteiger partial charge in [0.05, 0.1) is 36.1 Å². The number of anilines is 1. The summed E-state index contributed by atoms with van der Waals surface area (Å²) < 4.78 is 7.73. The zero-order valence-corrected chi connectivity index (χ0v) is 19.1. The minimum atomic E-state index is -0.523. The Hall–Kier alpha value is -2.51.